The third-order valence-corrected chi connectivity index (χ3v) is 2.79. The van der Waals surface area contributed by atoms with E-state index in [1.807, 2.05) is 39.8 Å². The van der Waals surface area contributed by atoms with Gasteiger partial charge in [-0.25, -0.2) is 0 Å². The first-order valence-electron chi connectivity index (χ1n) is 4.74. The normalized spacial score (nSPS) is 11.6. The molecule has 0 aliphatic carbocycles. The Morgan fingerprint density at radius 2 is 1.64 bits per heavy atom. The Labute approximate surface area is 96.2 Å². The van der Waals surface area contributed by atoms with E-state index in [1.165, 1.54) is 0 Å². The molecule has 1 aromatic rings. The molecule has 14 heavy (non-hydrogen) atoms. The molecule has 1 nitrogen and oxygen atoms in total. The molecule has 3 heteroatoms. The summed E-state index contributed by atoms with van der Waals surface area (Å²) in [6.45, 7) is 7.80. The summed E-state index contributed by atoms with van der Waals surface area (Å²) in [6, 6.07) is 3.76. The van der Waals surface area contributed by atoms with E-state index in [1.54, 1.807) is 0 Å². The van der Waals surface area contributed by atoms with Gasteiger partial charge in [-0.15, -0.1) is 0 Å². The molecule has 0 saturated heterocycles. The molecule has 0 heterocycles. The summed E-state index contributed by atoms with van der Waals surface area (Å²) >= 11 is 11.9. The number of hydrogen-bond acceptors (Lipinski definition) is 1. The first-order chi connectivity index (χ1) is 6.54. The lowest BCUT2D eigenvalue weighted by Crippen LogP contribution is -2.05. The summed E-state index contributed by atoms with van der Waals surface area (Å²) in [5, 5.41) is 1.18. The number of hydrogen-bond donors (Lipinski definition) is 1. The van der Waals surface area contributed by atoms with E-state index in [2.05, 4.69) is 0 Å². The van der Waals surface area contributed by atoms with Gasteiger partial charge in [-0.1, -0.05) is 49.2 Å². The minimum absolute atomic E-state index is 0.0735. The maximum absolute atomic E-state index is 5.98. The highest BCUT2D eigenvalue weighted by atomic mass is 35.5. The Morgan fingerprint density at radius 3 is 2.07 bits per heavy atom. The van der Waals surface area contributed by atoms with E-state index in [9.17, 15) is 0 Å². The Hall–Kier alpha value is -0.240. The number of rotatable bonds is 1. The lowest BCUT2D eigenvalue weighted by molar-refractivity contribution is 0.818. The summed E-state index contributed by atoms with van der Waals surface area (Å²) in [4.78, 5) is 0. The molecule has 2 N–H and O–H groups in total. The van der Waals surface area contributed by atoms with Gasteiger partial charge < -0.3 is 5.73 Å². The standard InChI is InChI=1S/C9H11Cl2N.C2H6/c1-5-3-4-7(6(2)12)9(11)8(5)10;1-2/h3-4,6H,12H2,1-2H3;1-2H3. The van der Waals surface area contributed by atoms with Gasteiger partial charge in [-0.05, 0) is 25.0 Å². The van der Waals surface area contributed by atoms with Crippen molar-refractivity contribution in [3.05, 3.63) is 33.3 Å². The highest BCUT2D eigenvalue weighted by Gasteiger charge is 2.09. The lowest BCUT2D eigenvalue weighted by atomic mass is 10.1. The molecule has 0 aliphatic rings. The fourth-order valence-corrected chi connectivity index (χ4v) is 1.57. The van der Waals surface area contributed by atoms with Gasteiger partial charge in [0.2, 0.25) is 0 Å². The molecule has 0 radical (unpaired) electrons. The van der Waals surface area contributed by atoms with Crippen LogP contribution in [0.15, 0.2) is 12.1 Å². The molecule has 0 aliphatic heterocycles. The Bertz CT molecular complexity index is 296. The molecule has 1 aromatic carbocycles. The molecule has 0 saturated carbocycles. The molecule has 0 amide bonds. The van der Waals surface area contributed by atoms with Crippen LogP contribution >= 0.6 is 23.2 Å². The van der Waals surface area contributed by atoms with E-state index in [-0.39, 0.29) is 6.04 Å². The molecule has 1 rings (SSSR count). The summed E-state index contributed by atoms with van der Waals surface area (Å²) in [7, 11) is 0. The summed E-state index contributed by atoms with van der Waals surface area (Å²) in [5.41, 5.74) is 7.56. The second-order valence-corrected chi connectivity index (χ2v) is 3.64. The van der Waals surface area contributed by atoms with Gasteiger partial charge in [0.1, 0.15) is 0 Å². The highest BCUT2D eigenvalue weighted by Crippen LogP contribution is 2.31. The maximum Gasteiger partial charge on any atom is 0.0642 e. The van der Waals surface area contributed by atoms with Crippen molar-refractivity contribution in [3.8, 4) is 0 Å². The van der Waals surface area contributed by atoms with E-state index in [0.717, 1.165) is 11.1 Å². The van der Waals surface area contributed by atoms with Crippen molar-refractivity contribution in [1.29, 1.82) is 0 Å². The van der Waals surface area contributed by atoms with Crippen LogP contribution in [0.4, 0.5) is 0 Å². The topological polar surface area (TPSA) is 26.0 Å². The van der Waals surface area contributed by atoms with Crippen molar-refractivity contribution in [2.45, 2.75) is 33.7 Å². The molecule has 0 aromatic heterocycles. The smallest absolute Gasteiger partial charge is 0.0642 e. The van der Waals surface area contributed by atoms with Gasteiger partial charge in [0.25, 0.3) is 0 Å². The zero-order chi connectivity index (χ0) is 11.3. The minimum atomic E-state index is -0.0735. The summed E-state index contributed by atoms with van der Waals surface area (Å²) in [5.74, 6) is 0. The fraction of sp³-hybridized carbons (Fsp3) is 0.455. The van der Waals surface area contributed by atoms with Crippen LogP contribution in [0.25, 0.3) is 0 Å². The predicted octanol–water partition coefficient (Wildman–Crippen LogP) is 4.35. The van der Waals surface area contributed by atoms with Gasteiger partial charge in [-0.3, -0.25) is 0 Å². The van der Waals surface area contributed by atoms with Gasteiger partial charge in [-0.2, -0.15) is 0 Å². The Kier molecular flexibility index (Phi) is 6.17. The van der Waals surface area contributed by atoms with Crippen molar-refractivity contribution in [2.75, 3.05) is 0 Å². The van der Waals surface area contributed by atoms with Crippen LogP contribution in [0, 0.1) is 6.92 Å². The first-order valence-corrected chi connectivity index (χ1v) is 5.49. The largest absolute Gasteiger partial charge is 0.324 e. The molecule has 80 valence electrons. The van der Waals surface area contributed by atoms with Crippen molar-refractivity contribution in [2.24, 2.45) is 5.73 Å². The van der Waals surface area contributed by atoms with Crippen LogP contribution in [-0.2, 0) is 0 Å². The molecule has 1 atom stereocenters. The lowest BCUT2D eigenvalue weighted by Gasteiger charge is -2.10. The quantitative estimate of drug-likeness (QED) is 0.768. The third-order valence-electron chi connectivity index (χ3n) is 1.80. The van der Waals surface area contributed by atoms with Gasteiger partial charge in [0, 0.05) is 6.04 Å². The van der Waals surface area contributed by atoms with Crippen molar-refractivity contribution < 1.29 is 0 Å². The van der Waals surface area contributed by atoms with Crippen molar-refractivity contribution in [3.63, 3.8) is 0 Å². The van der Waals surface area contributed by atoms with E-state index in [0.29, 0.717) is 10.0 Å². The second kappa shape index (κ2) is 6.28. The zero-order valence-corrected chi connectivity index (χ0v) is 10.6. The van der Waals surface area contributed by atoms with E-state index in [4.69, 9.17) is 28.9 Å². The fourth-order valence-electron chi connectivity index (χ4n) is 1.01. The zero-order valence-electron chi connectivity index (χ0n) is 9.07. The van der Waals surface area contributed by atoms with E-state index < -0.39 is 0 Å². The third kappa shape index (κ3) is 3.16. The molecule has 0 bridgehead atoms. The highest BCUT2D eigenvalue weighted by molar-refractivity contribution is 6.43. The van der Waals surface area contributed by atoms with Gasteiger partial charge in [0.05, 0.1) is 10.0 Å². The molecule has 1 unspecified atom stereocenters. The van der Waals surface area contributed by atoms with Crippen molar-refractivity contribution >= 4 is 23.2 Å². The summed E-state index contributed by atoms with van der Waals surface area (Å²) < 4.78 is 0. The SMILES string of the molecule is CC.Cc1ccc(C(C)N)c(Cl)c1Cl. The van der Waals surface area contributed by atoms with E-state index >= 15 is 0 Å². The number of benzene rings is 1. The molecular formula is C11H17Cl2N. The van der Waals surface area contributed by atoms with Crippen LogP contribution in [-0.4, -0.2) is 0 Å². The minimum Gasteiger partial charge on any atom is -0.324 e. The van der Waals surface area contributed by atoms with Gasteiger partial charge in [0.15, 0.2) is 0 Å². The molecule has 0 spiro atoms. The van der Waals surface area contributed by atoms with Gasteiger partial charge >= 0.3 is 0 Å². The number of aryl methyl sites for hydroxylation is 1. The average Bonchev–Trinajstić information content (AvgIpc) is 2.17. The molecular weight excluding hydrogens is 217 g/mol. The van der Waals surface area contributed by atoms with Crippen LogP contribution < -0.4 is 5.73 Å². The number of halogens is 2. The average molecular weight is 234 g/mol. The molecule has 0 fully saturated rings. The monoisotopic (exact) mass is 233 g/mol. The Balaban J connectivity index is 0.000000791. The maximum atomic E-state index is 5.98. The van der Waals surface area contributed by atoms with Crippen LogP contribution in [0.5, 0.6) is 0 Å². The second-order valence-electron chi connectivity index (χ2n) is 2.89. The first kappa shape index (κ1) is 13.8. The Morgan fingerprint density at radius 1 is 1.14 bits per heavy atom. The van der Waals surface area contributed by atoms with Crippen molar-refractivity contribution in [1.82, 2.24) is 0 Å². The van der Waals surface area contributed by atoms with Crippen LogP contribution in [0.2, 0.25) is 10.0 Å². The predicted molar refractivity (Wildman–Crippen MR) is 65.1 cm³/mol. The van der Waals surface area contributed by atoms with Crippen LogP contribution in [0.1, 0.15) is 37.9 Å². The summed E-state index contributed by atoms with van der Waals surface area (Å²) in [6.07, 6.45) is 0. The number of nitrogens with two attached hydrogens (primary N) is 1. The van der Waals surface area contributed by atoms with Crippen LogP contribution in [0.3, 0.4) is 0 Å².